The van der Waals surface area contributed by atoms with Gasteiger partial charge in [0.05, 0.1) is 11.0 Å². The highest BCUT2D eigenvalue weighted by atomic mass is 35.5. The van der Waals surface area contributed by atoms with Crippen molar-refractivity contribution in [2.45, 2.75) is 25.7 Å². The standard InChI is InChI=1S/C13H18ClN3/c1-17-12-9-10(14)6-7-11(12)16-13(17)5-3-2-4-8-15/h6-7,9H,2-5,8,15H2,1H3. The molecule has 0 aliphatic carbocycles. The fraction of sp³-hybridized carbons (Fsp3) is 0.462. The van der Waals surface area contributed by atoms with Gasteiger partial charge in [-0.1, -0.05) is 18.0 Å². The van der Waals surface area contributed by atoms with Gasteiger partial charge in [-0.05, 0) is 37.6 Å². The zero-order chi connectivity index (χ0) is 12.3. The van der Waals surface area contributed by atoms with E-state index >= 15 is 0 Å². The van der Waals surface area contributed by atoms with Crippen molar-refractivity contribution in [2.75, 3.05) is 6.54 Å². The summed E-state index contributed by atoms with van der Waals surface area (Å²) < 4.78 is 2.13. The van der Waals surface area contributed by atoms with E-state index in [9.17, 15) is 0 Å². The molecule has 1 aromatic carbocycles. The van der Waals surface area contributed by atoms with Gasteiger partial charge in [0.2, 0.25) is 0 Å². The number of halogens is 1. The summed E-state index contributed by atoms with van der Waals surface area (Å²) in [4.78, 5) is 4.62. The molecule has 0 aliphatic rings. The van der Waals surface area contributed by atoms with Gasteiger partial charge in [0.15, 0.2) is 0 Å². The van der Waals surface area contributed by atoms with Crippen LogP contribution in [-0.2, 0) is 13.5 Å². The molecule has 3 nitrogen and oxygen atoms in total. The lowest BCUT2D eigenvalue weighted by Gasteiger charge is -2.02. The van der Waals surface area contributed by atoms with Gasteiger partial charge in [-0.25, -0.2) is 4.98 Å². The van der Waals surface area contributed by atoms with Crippen LogP contribution in [0.4, 0.5) is 0 Å². The average Bonchev–Trinajstić information content (AvgIpc) is 2.62. The van der Waals surface area contributed by atoms with E-state index in [0.717, 1.165) is 47.7 Å². The summed E-state index contributed by atoms with van der Waals surface area (Å²) in [6.07, 6.45) is 4.40. The molecule has 2 aromatic rings. The average molecular weight is 252 g/mol. The molecule has 4 heteroatoms. The van der Waals surface area contributed by atoms with E-state index in [4.69, 9.17) is 17.3 Å². The zero-order valence-electron chi connectivity index (χ0n) is 10.1. The van der Waals surface area contributed by atoms with Gasteiger partial charge in [0.25, 0.3) is 0 Å². The number of hydrogen-bond acceptors (Lipinski definition) is 2. The van der Waals surface area contributed by atoms with Gasteiger partial charge in [0, 0.05) is 18.5 Å². The summed E-state index contributed by atoms with van der Waals surface area (Å²) >= 11 is 5.99. The second-order valence-electron chi connectivity index (χ2n) is 4.32. The summed E-state index contributed by atoms with van der Waals surface area (Å²) in [6.45, 7) is 0.776. The molecular formula is C13H18ClN3. The van der Waals surface area contributed by atoms with Crippen LogP contribution >= 0.6 is 11.6 Å². The van der Waals surface area contributed by atoms with Crippen LogP contribution in [0.15, 0.2) is 18.2 Å². The van der Waals surface area contributed by atoms with Crippen LogP contribution in [-0.4, -0.2) is 16.1 Å². The second kappa shape index (κ2) is 5.52. The molecule has 0 amide bonds. The Kier molecular flexibility index (Phi) is 4.02. The Bertz CT molecular complexity index is 505. The van der Waals surface area contributed by atoms with Crippen molar-refractivity contribution in [3.8, 4) is 0 Å². The first-order valence-electron chi connectivity index (χ1n) is 6.03. The molecule has 0 unspecified atom stereocenters. The molecule has 0 spiro atoms. The van der Waals surface area contributed by atoms with Gasteiger partial charge in [0.1, 0.15) is 5.82 Å². The Balaban J connectivity index is 2.15. The summed E-state index contributed by atoms with van der Waals surface area (Å²) in [5.41, 5.74) is 7.60. The van der Waals surface area contributed by atoms with Crippen molar-refractivity contribution >= 4 is 22.6 Å². The maximum Gasteiger partial charge on any atom is 0.109 e. The number of unbranched alkanes of at least 4 members (excludes halogenated alkanes) is 2. The SMILES string of the molecule is Cn1c(CCCCCN)nc2ccc(Cl)cc21. The molecule has 0 atom stereocenters. The fourth-order valence-electron chi connectivity index (χ4n) is 2.04. The number of rotatable bonds is 5. The molecule has 0 radical (unpaired) electrons. The number of hydrogen-bond donors (Lipinski definition) is 1. The molecule has 0 saturated carbocycles. The van der Waals surface area contributed by atoms with Crippen molar-refractivity contribution in [3.63, 3.8) is 0 Å². The van der Waals surface area contributed by atoms with Crippen molar-refractivity contribution in [2.24, 2.45) is 12.8 Å². The third kappa shape index (κ3) is 2.79. The lowest BCUT2D eigenvalue weighted by atomic mass is 10.2. The summed E-state index contributed by atoms with van der Waals surface area (Å²) in [7, 11) is 2.05. The summed E-state index contributed by atoms with van der Waals surface area (Å²) in [5.74, 6) is 1.12. The van der Waals surface area contributed by atoms with Crippen LogP contribution in [0.25, 0.3) is 11.0 Å². The monoisotopic (exact) mass is 251 g/mol. The molecule has 1 heterocycles. The lowest BCUT2D eigenvalue weighted by Crippen LogP contribution is -2.01. The van der Waals surface area contributed by atoms with Crippen LogP contribution in [0.3, 0.4) is 0 Å². The molecular weight excluding hydrogens is 234 g/mol. The topological polar surface area (TPSA) is 43.8 Å². The number of aromatic nitrogens is 2. The minimum atomic E-state index is 0.759. The van der Waals surface area contributed by atoms with Crippen LogP contribution in [0.5, 0.6) is 0 Å². The normalized spacial score (nSPS) is 11.2. The van der Waals surface area contributed by atoms with Crippen LogP contribution in [0, 0.1) is 0 Å². The van der Waals surface area contributed by atoms with Crippen LogP contribution in [0.1, 0.15) is 25.1 Å². The Morgan fingerprint density at radius 3 is 2.88 bits per heavy atom. The Morgan fingerprint density at radius 2 is 2.12 bits per heavy atom. The molecule has 92 valence electrons. The van der Waals surface area contributed by atoms with E-state index in [1.165, 1.54) is 6.42 Å². The van der Waals surface area contributed by atoms with Crippen molar-refractivity contribution in [1.82, 2.24) is 9.55 Å². The number of imidazole rings is 1. The van der Waals surface area contributed by atoms with E-state index in [1.807, 2.05) is 25.2 Å². The summed E-state index contributed by atoms with van der Waals surface area (Å²) in [5, 5.41) is 0.759. The third-order valence-electron chi connectivity index (χ3n) is 3.04. The fourth-order valence-corrected chi connectivity index (χ4v) is 2.21. The minimum absolute atomic E-state index is 0.759. The molecule has 0 aliphatic heterocycles. The van der Waals surface area contributed by atoms with E-state index in [1.54, 1.807) is 0 Å². The number of benzene rings is 1. The zero-order valence-corrected chi connectivity index (χ0v) is 10.9. The van der Waals surface area contributed by atoms with E-state index < -0.39 is 0 Å². The molecule has 2 rings (SSSR count). The highest BCUT2D eigenvalue weighted by Gasteiger charge is 2.07. The Labute approximate surface area is 107 Å². The lowest BCUT2D eigenvalue weighted by molar-refractivity contribution is 0.656. The first-order chi connectivity index (χ1) is 8.22. The van der Waals surface area contributed by atoms with Crippen molar-refractivity contribution in [3.05, 3.63) is 29.0 Å². The third-order valence-corrected chi connectivity index (χ3v) is 3.28. The molecule has 17 heavy (non-hydrogen) atoms. The number of aryl methyl sites for hydroxylation is 2. The van der Waals surface area contributed by atoms with Crippen molar-refractivity contribution in [1.29, 1.82) is 0 Å². The molecule has 2 N–H and O–H groups in total. The summed E-state index contributed by atoms with van der Waals surface area (Å²) in [6, 6.07) is 5.82. The van der Waals surface area contributed by atoms with Crippen LogP contribution in [0.2, 0.25) is 5.02 Å². The number of nitrogens with zero attached hydrogens (tertiary/aromatic N) is 2. The first-order valence-corrected chi connectivity index (χ1v) is 6.41. The highest BCUT2D eigenvalue weighted by Crippen LogP contribution is 2.20. The molecule has 0 fully saturated rings. The maximum absolute atomic E-state index is 5.99. The van der Waals surface area contributed by atoms with Gasteiger partial charge in [-0.2, -0.15) is 0 Å². The smallest absolute Gasteiger partial charge is 0.109 e. The Morgan fingerprint density at radius 1 is 1.29 bits per heavy atom. The van der Waals surface area contributed by atoms with E-state index in [0.29, 0.717) is 0 Å². The quantitative estimate of drug-likeness (QED) is 0.831. The molecule has 0 bridgehead atoms. The Hall–Kier alpha value is -1.06. The van der Waals surface area contributed by atoms with Gasteiger partial charge in [-0.15, -0.1) is 0 Å². The highest BCUT2D eigenvalue weighted by molar-refractivity contribution is 6.31. The largest absolute Gasteiger partial charge is 0.331 e. The number of fused-ring (bicyclic) bond motifs is 1. The van der Waals surface area contributed by atoms with E-state index in [-0.39, 0.29) is 0 Å². The van der Waals surface area contributed by atoms with E-state index in [2.05, 4.69) is 9.55 Å². The van der Waals surface area contributed by atoms with Gasteiger partial charge >= 0.3 is 0 Å². The van der Waals surface area contributed by atoms with Crippen LogP contribution < -0.4 is 5.73 Å². The molecule has 0 saturated heterocycles. The van der Waals surface area contributed by atoms with Gasteiger partial charge < -0.3 is 10.3 Å². The number of nitrogens with two attached hydrogens (primary N) is 1. The van der Waals surface area contributed by atoms with Crippen molar-refractivity contribution < 1.29 is 0 Å². The first kappa shape index (κ1) is 12.4. The molecule has 1 aromatic heterocycles. The predicted molar refractivity (Wildman–Crippen MR) is 72.3 cm³/mol. The minimum Gasteiger partial charge on any atom is -0.331 e. The maximum atomic E-state index is 5.99. The van der Waals surface area contributed by atoms with Gasteiger partial charge in [-0.3, -0.25) is 0 Å². The second-order valence-corrected chi connectivity index (χ2v) is 4.76. The predicted octanol–water partition coefficient (Wildman–Crippen LogP) is 2.90.